The molecule has 0 saturated carbocycles. The highest BCUT2D eigenvalue weighted by Gasteiger charge is 2.26. The Balaban J connectivity index is 1.48. The Kier molecular flexibility index (Phi) is 8.28. The molecule has 2 aromatic rings. The fourth-order valence-electron chi connectivity index (χ4n) is 3.82. The Bertz CT molecular complexity index is 1070. The molecule has 3 rings (SSSR count). The number of amides is 1. The quantitative estimate of drug-likeness (QED) is 0.429. The van der Waals surface area contributed by atoms with Gasteiger partial charge in [0.05, 0.1) is 11.3 Å². The van der Waals surface area contributed by atoms with Gasteiger partial charge in [-0.05, 0) is 66.6 Å². The zero-order chi connectivity index (χ0) is 23.1. The molecule has 1 atom stereocenters. The van der Waals surface area contributed by atoms with Crippen LogP contribution < -0.4 is 10.0 Å². The van der Waals surface area contributed by atoms with E-state index in [1.807, 2.05) is 18.2 Å². The van der Waals surface area contributed by atoms with Crippen molar-refractivity contribution in [2.75, 3.05) is 6.54 Å². The van der Waals surface area contributed by atoms with Crippen LogP contribution in [-0.4, -0.2) is 38.0 Å². The number of nitrogens with one attached hydrogen (secondary N) is 2. The van der Waals surface area contributed by atoms with E-state index in [2.05, 4.69) is 10.0 Å². The molecular weight excluding hydrogens is 452 g/mol. The Morgan fingerprint density at radius 2 is 1.72 bits per heavy atom. The number of hydrogen-bond acceptors (Lipinski definition) is 4. The van der Waals surface area contributed by atoms with Crippen molar-refractivity contribution in [1.29, 1.82) is 0 Å². The summed E-state index contributed by atoms with van der Waals surface area (Å²) in [5.74, 6) is -0.883. The monoisotopic (exact) mass is 478 g/mol. The number of hydrogen-bond donors (Lipinski definition) is 3. The maximum Gasteiger partial charge on any atom is 0.303 e. The van der Waals surface area contributed by atoms with Crippen LogP contribution >= 0.6 is 11.6 Å². The van der Waals surface area contributed by atoms with E-state index in [-0.39, 0.29) is 29.7 Å². The molecule has 9 heteroatoms. The van der Waals surface area contributed by atoms with Crippen LogP contribution in [0, 0.1) is 0 Å². The molecule has 7 nitrogen and oxygen atoms in total. The predicted octanol–water partition coefficient (Wildman–Crippen LogP) is 3.09. The van der Waals surface area contributed by atoms with Crippen LogP contribution in [0.4, 0.5) is 0 Å². The molecule has 0 spiro atoms. The standard InChI is InChI=1S/C23H27ClN2O5S/c24-19-7-9-21(10-8-19)32(30,31)26-20-14-17-6-5-16(12-18(17)15-20)13-22(27)25-11-3-1-2-4-23(28)29/h5-10,12,20,26H,1-4,11,13-15H2,(H,25,27)(H,28,29). The molecule has 32 heavy (non-hydrogen) atoms. The molecule has 0 aromatic heterocycles. The summed E-state index contributed by atoms with van der Waals surface area (Å²) in [6.07, 6.45) is 3.70. The van der Waals surface area contributed by atoms with E-state index in [0.29, 0.717) is 30.8 Å². The van der Waals surface area contributed by atoms with Crippen molar-refractivity contribution in [3.05, 3.63) is 64.2 Å². The summed E-state index contributed by atoms with van der Waals surface area (Å²) >= 11 is 5.84. The second kappa shape index (κ2) is 10.9. The molecule has 3 N–H and O–H groups in total. The molecule has 1 aliphatic rings. The van der Waals surface area contributed by atoms with Gasteiger partial charge in [0.15, 0.2) is 0 Å². The third-order valence-corrected chi connectivity index (χ3v) is 7.19. The Morgan fingerprint density at radius 1 is 1.00 bits per heavy atom. The molecule has 0 heterocycles. The highest BCUT2D eigenvalue weighted by molar-refractivity contribution is 7.89. The van der Waals surface area contributed by atoms with Crippen molar-refractivity contribution in [3.63, 3.8) is 0 Å². The first-order chi connectivity index (χ1) is 15.2. The first kappa shape index (κ1) is 24.2. The Labute approximate surface area is 193 Å². The number of carboxylic acid groups (broad SMARTS) is 1. The molecule has 1 aliphatic carbocycles. The number of carbonyl (C=O) groups is 2. The van der Waals surface area contributed by atoms with E-state index in [0.717, 1.165) is 29.5 Å². The number of carbonyl (C=O) groups excluding carboxylic acids is 1. The molecular formula is C23H27ClN2O5S. The number of halogens is 1. The van der Waals surface area contributed by atoms with Gasteiger partial charge in [0.2, 0.25) is 15.9 Å². The fraction of sp³-hybridized carbons (Fsp3) is 0.391. The SMILES string of the molecule is O=C(O)CCCCCNC(=O)Cc1ccc2c(c1)CC(NS(=O)(=O)c1ccc(Cl)cc1)C2. The van der Waals surface area contributed by atoms with Crippen LogP contribution in [0.3, 0.4) is 0 Å². The molecule has 0 aliphatic heterocycles. The normalized spacial score (nSPS) is 15.3. The lowest BCUT2D eigenvalue weighted by molar-refractivity contribution is -0.137. The Hall–Kier alpha value is -2.42. The predicted molar refractivity (Wildman–Crippen MR) is 122 cm³/mol. The number of aliphatic carboxylic acids is 1. The number of carboxylic acids is 1. The van der Waals surface area contributed by atoms with Crippen molar-refractivity contribution < 1.29 is 23.1 Å². The fourth-order valence-corrected chi connectivity index (χ4v) is 5.18. The topological polar surface area (TPSA) is 113 Å². The summed E-state index contributed by atoms with van der Waals surface area (Å²) in [5, 5.41) is 12.0. The largest absolute Gasteiger partial charge is 0.481 e. The lowest BCUT2D eigenvalue weighted by Gasteiger charge is -2.12. The maximum absolute atomic E-state index is 12.6. The average molecular weight is 479 g/mol. The second-order valence-electron chi connectivity index (χ2n) is 8.01. The van der Waals surface area contributed by atoms with E-state index in [9.17, 15) is 18.0 Å². The number of benzene rings is 2. The average Bonchev–Trinajstić information content (AvgIpc) is 3.11. The number of unbranched alkanes of at least 4 members (excludes halogenated alkanes) is 2. The molecule has 1 unspecified atom stereocenters. The van der Waals surface area contributed by atoms with E-state index < -0.39 is 16.0 Å². The van der Waals surface area contributed by atoms with E-state index in [1.54, 1.807) is 12.1 Å². The van der Waals surface area contributed by atoms with Crippen molar-refractivity contribution >= 4 is 33.5 Å². The van der Waals surface area contributed by atoms with Gasteiger partial charge >= 0.3 is 5.97 Å². The van der Waals surface area contributed by atoms with Gasteiger partial charge in [0.25, 0.3) is 0 Å². The third-order valence-electron chi connectivity index (χ3n) is 5.40. The molecule has 172 valence electrons. The molecule has 0 fully saturated rings. The highest BCUT2D eigenvalue weighted by Crippen LogP contribution is 2.25. The van der Waals surface area contributed by atoms with Gasteiger partial charge in [0, 0.05) is 24.0 Å². The molecule has 0 bridgehead atoms. The lowest BCUT2D eigenvalue weighted by Crippen LogP contribution is -2.35. The minimum Gasteiger partial charge on any atom is -0.481 e. The van der Waals surface area contributed by atoms with E-state index >= 15 is 0 Å². The summed E-state index contributed by atoms with van der Waals surface area (Å²) in [6, 6.07) is 11.7. The summed E-state index contributed by atoms with van der Waals surface area (Å²) < 4.78 is 28.0. The van der Waals surface area contributed by atoms with Crippen molar-refractivity contribution in [3.8, 4) is 0 Å². The van der Waals surface area contributed by atoms with Crippen molar-refractivity contribution in [1.82, 2.24) is 10.0 Å². The highest BCUT2D eigenvalue weighted by atomic mass is 35.5. The minimum absolute atomic E-state index is 0.0822. The smallest absolute Gasteiger partial charge is 0.303 e. The molecule has 2 aromatic carbocycles. The van der Waals surface area contributed by atoms with Gasteiger partial charge in [-0.3, -0.25) is 9.59 Å². The van der Waals surface area contributed by atoms with Crippen LogP contribution in [-0.2, 0) is 38.9 Å². The zero-order valence-electron chi connectivity index (χ0n) is 17.6. The van der Waals surface area contributed by atoms with Crippen LogP contribution in [0.15, 0.2) is 47.4 Å². The van der Waals surface area contributed by atoms with Crippen molar-refractivity contribution in [2.24, 2.45) is 0 Å². The summed E-state index contributed by atoms with van der Waals surface area (Å²) in [5.41, 5.74) is 3.01. The van der Waals surface area contributed by atoms with Crippen LogP contribution in [0.25, 0.3) is 0 Å². The van der Waals surface area contributed by atoms with Gasteiger partial charge < -0.3 is 10.4 Å². The summed E-state index contributed by atoms with van der Waals surface area (Å²) in [6.45, 7) is 0.526. The summed E-state index contributed by atoms with van der Waals surface area (Å²) in [7, 11) is -3.63. The van der Waals surface area contributed by atoms with Gasteiger partial charge in [0.1, 0.15) is 0 Å². The Morgan fingerprint density at radius 3 is 2.44 bits per heavy atom. The second-order valence-corrected chi connectivity index (χ2v) is 10.2. The maximum atomic E-state index is 12.6. The first-order valence-corrected chi connectivity index (χ1v) is 12.5. The van der Waals surface area contributed by atoms with Gasteiger partial charge in [-0.2, -0.15) is 0 Å². The third kappa shape index (κ3) is 7.05. The number of rotatable bonds is 11. The number of sulfonamides is 1. The minimum atomic E-state index is -3.63. The van der Waals surface area contributed by atoms with Crippen LogP contribution in [0.1, 0.15) is 42.4 Å². The van der Waals surface area contributed by atoms with Gasteiger partial charge in [-0.1, -0.05) is 36.2 Å². The van der Waals surface area contributed by atoms with E-state index in [4.69, 9.17) is 16.7 Å². The van der Waals surface area contributed by atoms with Crippen LogP contribution in [0.2, 0.25) is 5.02 Å². The molecule has 0 radical (unpaired) electrons. The van der Waals surface area contributed by atoms with Gasteiger partial charge in [-0.15, -0.1) is 0 Å². The summed E-state index contributed by atoms with van der Waals surface area (Å²) in [4.78, 5) is 22.8. The van der Waals surface area contributed by atoms with Crippen LogP contribution in [0.5, 0.6) is 0 Å². The first-order valence-electron chi connectivity index (χ1n) is 10.6. The molecule has 1 amide bonds. The zero-order valence-corrected chi connectivity index (χ0v) is 19.2. The van der Waals surface area contributed by atoms with Crippen molar-refractivity contribution in [2.45, 2.75) is 55.9 Å². The number of fused-ring (bicyclic) bond motifs is 1. The van der Waals surface area contributed by atoms with E-state index in [1.165, 1.54) is 12.1 Å². The van der Waals surface area contributed by atoms with Gasteiger partial charge in [-0.25, -0.2) is 13.1 Å². The molecule has 0 saturated heterocycles. The lowest BCUT2D eigenvalue weighted by atomic mass is 10.0.